The van der Waals surface area contributed by atoms with Crippen molar-refractivity contribution in [2.45, 2.75) is 23.6 Å². The number of hydrogen-bond acceptors (Lipinski definition) is 6. The van der Waals surface area contributed by atoms with Crippen LogP contribution in [0.2, 0.25) is 0 Å². The van der Waals surface area contributed by atoms with Crippen molar-refractivity contribution in [2.24, 2.45) is 0 Å². The average molecular weight is 280 g/mol. The molecule has 1 aromatic rings. The zero-order valence-corrected chi connectivity index (χ0v) is 11.9. The van der Waals surface area contributed by atoms with E-state index in [0.29, 0.717) is 36.2 Å². The molecule has 1 rings (SSSR count). The quantitative estimate of drug-likeness (QED) is 0.384. The van der Waals surface area contributed by atoms with E-state index in [4.69, 9.17) is 5.73 Å². The third-order valence-corrected chi connectivity index (χ3v) is 3.10. The van der Waals surface area contributed by atoms with E-state index in [2.05, 4.69) is 28.4 Å². The van der Waals surface area contributed by atoms with Gasteiger partial charge in [-0.1, -0.05) is 23.9 Å². The standard InChI is InChI=1S/C13H20N4OS/c1-4-6-13(18,7-5-2)9-15-11-8-10(14)16-12(17-11)19-3/h4-5,8,18H,1-2,6-7,9H2,3H3,(H3,14,15,16,17). The fraction of sp³-hybridized carbons (Fsp3) is 0.385. The van der Waals surface area contributed by atoms with Crippen LogP contribution in [0.4, 0.5) is 11.6 Å². The van der Waals surface area contributed by atoms with Crippen molar-refractivity contribution in [2.75, 3.05) is 23.9 Å². The molecule has 0 unspecified atom stereocenters. The molecule has 1 aromatic heterocycles. The Morgan fingerprint density at radius 3 is 2.58 bits per heavy atom. The molecule has 0 radical (unpaired) electrons. The number of aromatic nitrogens is 2. The summed E-state index contributed by atoms with van der Waals surface area (Å²) in [7, 11) is 0. The van der Waals surface area contributed by atoms with Crippen molar-refractivity contribution < 1.29 is 5.11 Å². The summed E-state index contributed by atoms with van der Waals surface area (Å²) in [6.07, 6.45) is 6.20. The highest BCUT2D eigenvalue weighted by atomic mass is 32.2. The van der Waals surface area contributed by atoms with Crippen LogP contribution in [0.1, 0.15) is 12.8 Å². The minimum absolute atomic E-state index is 0.343. The first-order valence-corrected chi connectivity index (χ1v) is 7.12. The lowest BCUT2D eigenvalue weighted by Crippen LogP contribution is -2.36. The average Bonchev–Trinajstić information content (AvgIpc) is 2.36. The van der Waals surface area contributed by atoms with Crippen molar-refractivity contribution in [1.82, 2.24) is 9.97 Å². The monoisotopic (exact) mass is 280 g/mol. The predicted molar refractivity (Wildman–Crippen MR) is 81.3 cm³/mol. The van der Waals surface area contributed by atoms with Gasteiger partial charge < -0.3 is 16.2 Å². The van der Waals surface area contributed by atoms with Gasteiger partial charge in [-0.2, -0.15) is 0 Å². The van der Waals surface area contributed by atoms with Crippen LogP contribution in [-0.2, 0) is 0 Å². The fourth-order valence-electron chi connectivity index (χ4n) is 1.65. The van der Waals surface area contributed by atoms with Crippen molar-refractivity contribution in [3.05, 3.63) is 31.4 Å². The number of rotatable bonds is 8. The van der Waals surface area contributed by atoms with Gasteiger partial charge in [0.25, 0.3) is 0 Å². The van der Waals surface area contributed by atoms with E-state index >= 15 is 0 Å². The molecule has 0 aromatic carbocycles. The van der Waals surface area contributed by atoms with Crippen molar-refractivity contribution in [3.8, 4) is 0 Å². The number of nitrogen functional groups attached to an aromatic ring is 1. The van der Waals surface area contributed by atoms with Gasteiger partial charge in [0, 0.05) is 12.6 Å². The van der Waals surface area contributed by atoms with E-state index < -0.39 is 5.60 Å². The maximum atomic E-state index is 10.4. The molecule has 0 amide bonds. The number of thioether (sulfide) groups is 1. The van der Waals surface area contributed by atoms with Gasteiger partial charge in [-0.05, 0) is 19.1 Å². The Labute approximate surface area is 118 Å². The van der Waals surface area contributed by atoms with Gasteiger partial charge in [0.15, 0.2) is 5.16 Å². The number of anilines is 2. The number of hydrogen-bond donors (Lipinski definition) is 3. The summed E-state index contributed by atoms with van der Waals surface area (Å²) in [5.41, 5.74) is 4.78. The lowest BCUT2D eigenvalue weighted by atomic mass is 9.95. The lowest BCUT2D eigenvalue weighted by Gasteiger charge is -2.26. The van der Waals surface area contributed by atoms with E-state index in [1.54, 1.807) is 18.2 Å². The Bertz CT molecular complexity index is 440. The largest absolute Gasteiger partial charge is 0.387 e. The van der Waals surface area contributed by atoms with Crippen LogP contribution in [-0.4, -0.2) is 33.5 Å². The number of nitrogens with zero attached hydrogens (tertiary/aromatic N) is 2. The summed E-state index contributed by atoms with van der Waals surface area (Å²) in [6.45, 7) is 7.65. The van der Waals surface area contributed by atoms with Gasteiger partial charge in [0.2, 0.25) is 0 Å². The van der Waals surface area contributed by atoms with Gasteiger partial charge in [0.1, 0.15) is 11.6 Å². The topological polar surface area (TPSA) is 84.1 Å². The molecule has 6 heteroatoms. The van der Waals surface area contributed by atoms with E-state index in [1.807, 2.05) is 6.26 Å². The second kappa shape index (κ2) is 7.16. The molecule has 0 atom stereocenters. The summed E-state index contributed by atoms with van der Waals surface area (Å²) in [5.74, 6) is 1.00. The van der Waals surface area contributed by atoms with Crippen LogP contribution < -0.4 is 11.1 Å². The van der Waals surface area contributed by atoms with Crippen LogP contribution in [0.3, 0.4) is 0 Å². The van der Waals surface area contributed by atoms with Crippen LogP contribution >= 0.6 is 11.8 Å². The molecular formula is C13H20N4OS. The molecule has 0 saturated heterocycles. The van der Waals surface area contributed by atoms with Crippen molar-refractivity contribution in [1.29, 1.82) is 0 Å². The van der Waals surface area contributed by atoms with Crippen LogP contribution in [0.5, 0.6) is 0 Å². The van der Waals surface area contributed by atoms with Gasteiger partial charge in [-0.15, -0.1) is 13.2 Å². The van der Waals surface area contributed by atoms with Crippen LogP contribution in [0.15, 0.2) is 36.5 Å². The van der Waals surface area contributed by atoms with Gasteiger partial charge in [0.05, 0.1) is 5.60 Å². The summed E-state index contributed by atoms with van der Waals surface area (Å²) >= 11 is 1.41. The summed E-state index contributed by atoms with van der Waals surface area (Å²) in [6, 6.07) is 1.64. The zero-order valence-electron chi connectivity index (χ0n) is 11.1. The molecule has 4 N–H and O–H groups in total. The zero-order chi connectivity index (χ0) is 14.3. The number of nitrogens with two attached hydrogens (primary N) is 1. The molecule has 1 heterocycles. The maximum absolute atomic E-state index is 10.4. The Balaban J connectivity index is 2.76. The SMILES string of the molecule is C=CCC(O)(CC=C)CNc1cc(N)nc(SC)n1. The molecule has 0 bridgehead atoms. The molecule has 0 aliphatic rings. The summed E-state index contributed by atoms with van der Waals surface area (Å²) < 4.78 is 0. The molecule has 0 aliphatic carbocycles. The van der Waals surface area contributed by atoms with Gasteiger partial charge >= 0.3 is 0 Å². The highest BCUT2D eigenvalue weighted by molar-refractivity contribution is 7.98. The lowest BCUT2D eigenvalue weighted by molar-refractivity contribution is 0.0599. The normalized spacial score (nSPS) is 11.1. The first kappa shape index (κ1) is 15.5. The van der Waals surface area contributed by atoms with Crippen LogP contribution in [0, 0.1) is 0 Å². The molecule has 19 heavy (non-hydrogen) atoms. The highest BCUT2D eigenvalue weighted by Crippen LogP contribution is 2.19. The minimum Gasteiger partial charge on any atom is -0.387 e. The first-order chi connectivity index (χ1) is 9.03. The van der Waals surface area contributed by atoms with E-state index in [0.717, 1.165) is 0 Å². The molecule has 5 nitrogen and oxygen atoms in total. The Morgan fingerprint density at radius 1 is 1.42 bits per heavy atom. The second-order valence-corrected chi connectivity index (χ2v) is 5.00. The number of aliphatic hydroxyl groups is 1. The van der Waals surface area contributed by atoms with E-state index in [9.17, 15) is 5.11 Å². The molecule has 0 aliphatic heterocycles. The van der Waals surface area contributed by atoms with Crippen molar-refractivity contribution >= 4 is 23.4 Å². The Hall–Kier alpha value is -1.53. The van der Waals surface area contributed by atoms with Crippen molar-refractivity contribution in [3.63, 3.8) is 0 Å². The summed E-state index contributed by atoms with van der Waals surface area (Å²) in [4.78, 5) is 8.34. The molecule has 104 valence electrons. The van der Waals surface area contributed by atoms with E-state index in [1.165, 1.54) is 11.8 Å². The smallest absolute Gasteiger partial charge is 0.191 e. The predicted octanol–water partition coefficient (Wildman–Crippen LogP) is 2.08. The third kappa shape index (κ3) is 4.92. The molecule has 0 fully saturated rings. The second-order valence-electron chi connectivity index (χ2n) is 4.23. The fourth-order valence-corrected chi connectivity index (χ4v) is 2.03. The van der Waals surface area contributed by atoms with E-state index in [-0.39, 0.29) is 0 Å². The molecule has 0 spiro atoms. The highest BCUT2D eigenvalue weighted by Gasteiger charge is 2.23. The number of nitrogens with one attached hydrogen (secondary N) is 1. The van der Waals surface area contributed by atoms with Crippen LogP contribution in [0.25, 0.3) is 0 Å². The summed E-state index contributed by atoms with van der Waals surface area (Å²) in [5, 5.41) is 14.1. The third-order valence-electron chi connectivity index (χ3n) is 2.56. The van der Waals surface area contributed by atoms with Gasteiger partial charge in [-0.25, -0.2) is 9.97 Å². The molecule has 0 saturated carbocycles. The Morgan fingerprint density at radius 2 is 2.05 bits per heavy atom. The minimum atomic E-state index is -0.914. The van der Waals surface area contributed by atoms with Gasteiger partial charge in [-0.3, -0.25) is 0 Å². The first-order valence-electron chi connectivity index (χ1n) is 5.89. The maximum Gasteiger partial charge on any atom is 0.191 e. The molecular weight excluding hydrogens is 260 g/mol. The Kier molecular flexibility index (Phi) is 5.85.